The Morgan fingerprint density at radius 2 is 0.787 bits per heavy atom. The number of carbonyl (C=O) groups excluding carboxylic acids is 1. The summed E-state index contributed by atoms with van der Waals surface area (Å²) in [5.74, 6) is -0.275. The van der Waals surface area contributed by atoms with Crippen LogP contribution in [0.3, 0.4) is 0 Å². The van der Waals surface area contributed by atoms with Crippen molar-refractivity contribution in [1.29, 1.82) is 0 Å². The van der Waals surface area contributed by atoms with Gasteiger partial charge in [0.15, 0.2) is 12.6 Å². The van der Waals surface area contributed by atoms with E-state index in [9.17, 15) is 45.6 Å². The van der Waals surface area contributed by atoms with Crippen LogP contribution >= 0.6 is 0 Å². The van der Waals surface area contributed by atoms with Gasteiger partial charge in [-0.1, -0.05) is 284 Å². The molecular weight excluding hydrogens is 1120 g/mol. The van der Waals surface area contributed by atoms with Gasteiger partial charge >= 0.3 is 0 Å². The minimum atomic E-state index is -1.80. The number of ether oxygens (including phenoxy) is 4. The summed E-state index contributed by atoms with van der Waals surface area (Å²) in [5.41, 5.74) is 0. The number of amides is 1. The monoisotopic (exact) mass is 1250 g/mol. The summed E-state index contributed by atoms with van der Waals surface area (Å²) in [4.78, 5) is 13.3. The zero-order chi connectivity index (χ0) is 64.5. The minimum absolute atomic E-state index is 0.238. The molecule has 12 atom stereocenters. The van der Waals surface area contributed by atoms with E-state index >= 15 is 0 Å². The lowest BCUT2D eigenvalue weighted by atomic mass is 9.97. The van der Waals surface area contributed by atoms with Crippen molar-refractivity contribution in [3.63, 3.8) is 0 Å². The fourth-order valence-corrected chi connectivity index (χ4v) is 11.3. The number of aliphatic hydroxyl groups is 8. The van der Waals surface area contributed by atoms with E-state index in [2.05, 4.69) is 104 Å². The van der Waals surface area contributed by atoms with E-state index in [1.54, 1.807) is 6.08 Å². The Morgan fingerprint density at radius 3 is 1.24 bits per heavy atom. The summed E-state index contributed by atoms with van der Waals surface area (Å²) in [5, 5.41) is 87.4. The van der Waals surface area contributed by atoms with Gasteiger partial charge in [0.1, 0.15) is 48.8 Å². The summed E-state index contributed by atoms with van der Waals surface area (Å²) in [6, 6.07) is -0.954. The smallest absolute Gasteiger partial charge is 0.220 e. The maximum absolute atomic E-state index is 13.3. The molecule has 0 aliphatic carbocycles. The quantitative estimate of drug-likeness (QED) is 0.0204. The highest BCUT2D eigenvalue weighted by Crippen LogP contribution is 2.30. The summed E-state index contributed by atoms with van der Waals surface area (Å²) in [6.45, 7) is 2.67. The zero-order valence-corrected chi connectivity index (χ0v) is 55.9. The van der Waals surface area contributed by atoms with Crippen LogP contribution < -0.4 is 5.32 Å². The third kappa shape index (κ3) is 42.7. The van der Waals surface area contributed by atoms with E-state index in [1.165, 1.54) is 167 Å². The molecule has 0 radical (unpaired) electrons. The number of hydrogen-bond donors (Lipinski definition) is 9. The molecule has 0 bridgehead atoms. The number of aliphatic hydroxyl groups excluding tert-OH is 8. The third-order valence-electron chi connectivity index (χ3n) is 17.0. The van der Waals surface area contributed by atoms with Gasteiger partial charge in [-0.3, -0.25) is 4.79 Å². The van der Waals surface area contributed by atoms with Crippen LogP contribution in [0.5, 0.6) is 0 Å². The number of nitrogens with one attached hydrogen (secondary N) is 1. The highest BCUT2D eigenvalue weighted by atomic mass is 16.7. The Morgan fingerprint density at radius 1 is 0.416 bits per heavy atom. The van der Waals surface area contributed by atoms with Gasteiger partial charge in [-0.15, -0.1) is 0 Å². The van der Waals surface area contributed by atoms with Gasteiger partial charge in [0, 0.05) is 6.42 Å². The Balaban J connectivity index is 1.70. The molecule has 2 fully saturated rings. The Hall–Kier alpha value is -3.09. The average Bonchev–Trinajstić information content (AvgIpc) is 3.63. The van der Waals surface area contributed by atoms with Crippen molar-refractivity contribution in [2.75, 3.05) is 19.8 Å². The molecule has 2 aliphatic heterocycles. The van der Waals surface area contributed by atoms with Crippen LogP contribution in [-0.2, 0) is 23.7 Å². The molecule has 89 heavy (non-hydrogen) atoms. The zero-order valence-electron chi connectivity index (χ0n) is 55.9. The van der Waals surface area contributed by atoms with Crippen LogP contribution in [0.2, 0.25) is 0 Å². The number of unbranched alkanes of at least 4 members (excludes halogenated alkanes) is 31. The highest BCUT2D eigenvalue weighted by Gasteiger charge is 2.51. The maximum atomic E-state index is 13.3. The summed E-state index contributed by atoms with van der Waals surface area (Å²) >= 11 is 0. The first-order chi connectivity index (χ1) is 43.6. The van der Waals surface area contributed by atoms with Crippen LogP contribution in [0.4, 0.5) is 0 Å². The highest BCUT2D eigenvalue weighted by molar-refractivity contribution is 5.76. The Labute approximate surface area is 541 Å². The SMILES string of the molecule is CC/C=C\C/C=C\C/C=C\C/C=C\C/C=C\C/C=C\CCCCCCC(=O)NC(COC1OC(CO)C(OC2OC(CO)C(O)C(O)C2O)C(O)C1O)C(O)/C=C/CC/C=C/CCCCCCCCCCCCCCCCCCCCCCCCCCCC. The van der Waals surface area contributed by atoms with Crippen LogP contribution in [0.15, 0.2) is 97.2 Å². The van der Waals surface area contributed by atoms with E-state index in [-0.39, 0.29) is 18.9 Å². The first-order valence-corrected chi connectivity index (χ1v) is 36.0. The fraction of sp³-hybridized carbons (Fsp3) is 0.773. The standard InChI is InChI=1S/C75H131NO13/c1-3-5-7-9-11-13-15-17-19-21-23-25-27-28-29-30-31-32-33-34-35-37-38-40-42-44-46-48-50-52-54-56-58-64(79)63(62-86-74-72(85)70(83)73(66(61-78)88-74)89-75-71(84)69(82)68(81)65(60-77)87-75)76-67(80)59-57-55-53-51-49-47-45-43-41-39-36-26-24-22-20-18-16-14-12-10-8-6-4-2/h6,8,12,14,18,20,24,26,39,41,45,47-48,50,56,58,63-66,68-75,77-79,81-85H,3-5,7,9-11,13,15-17,19,21-23,25,27-38,40,42-44,46,49,51-55,57,59-62H2,1-2H3,(H,76,80)/b8-6-,14-12-,20-18-,26-24-,41-39-,47-45-,50-48+,58-56+. The second kappa shape index (κ2) is 58.7. The first-order valence-electron chi connectivity index (χ1n) is 36.0. The summed E-state index contributed by atoms with van der Waals surface area (Å²) in [6.07, 6.45) is 66.2. The van der Waals surface area contributed by atoms with Gasteiger partial charge in [-0.25, -0.2) is 0 Å². The number of allylic oxidation sites excluding steroid dienone is 15. The van der Waals surface area contributed by atoms with Crippen molar-refractivity contribution in [3.8, 4) is 0 Å². The Bertz CT molecular complexity index is 1860. The number of rotatable bonds is 58. The van der Waals surface area contributed by atoms with Crippen molar-refractivity contribution in [2.45, 2.75) is 351 Å². The lowest BCUT2D eigenvalue weighted by Crippen LogP contribution is -2.65. The second-order valence-electron chi connectivity index (χ2n) is 25.0. The molecule has 2 aliphatic rings. The number of hydrogen-bond acceptors (Lipinski definition) is 13. The fourth-order valence-electron chi connectivity index (χ4n) is 11.3. The lowest BCUT2D eigenvalue weighted by Gasteiger charge is -2.46. The number of carbonyl (C=O) groups is 1. The molecule has 14 heteroatoms. The molecule has 0 spiro atoms. The van der Waals surface area contributed by atoms with Gasteiger partial charge in [0.2, 0.25) is 5.91 Å². The van der Waals surface area contributed by atoms with Gasteiger partial charge in [0.05, 0.1) is 32.0 Å². The van der Waals surface area contributed by atoms with Crippen molar-refractivity contribution in [2.24, 2.45) is 0 Å². The van der Waals surface area contributed by atoms with Crippen molar-refractivity contribution in [3.05, 3.63) is 97.2 Å². The topological polar surface area (TPSA) is 228 Å². The molecule has 1 amide bonds. The van der Waals surface area contributed by atoms with E-state index in [1.807, 2.05) is 6.08 Å². The normalized spacial score (nSPS) is 23.6. The summed E-state index contributed by atoms with van der Waals surface area (Å²) < 4.78 is 22.8. The second-order valence-corrected chi connectivity index (χ2v) is 25.0. The van der Waals surface area contributed by atoms with Crippen LogP contribution in [-0.4, -0.2) is 140 Å². The molecule has 12 unspecified atom stereocenters. The van der Waals surface area contributed by atoms with E-state index in [0.29, 0.717) is 12.8 Å². The summed E-state index contributed by atoms with van der Waals surface area (Å²) in [7, 11) is 0. The van der Waals surface area contributed by atoms with Crippen LogP contribution in [0.25, 0.3) is 0 Å². The molecule has 2 saturated heterocycles. The van der Waals surface area contributed by atoms with Crippen LogP contribution in [0, 0.1) is 0 Å². The van der Waals surface area contributed by atoms with Crippen LogP contribution in [0.1, 0.15) is 277 Å². The maximum Gasteiger partial charge on any atom is 0.220 e. The van der Waals surface area contributed by atoms with Crippen molar-refractivity contribution < 1.29 is 64.6 Å². The molecule has 2 heterocycles. The van der Waals surface area contributed by atoms with Crippen molar-refractivity contribution >= 4 is 5.91 Å². The van der Waals surface area contributed by atoms with Gasteiger partial charge in [-0.2, -0.15) is 0 Å². The van der Waals surface area contributed by atoms with Gasteiger partial charge in [0.25, 0.3) is 0 Å². The minimum Gasteiger partial charge on any atom is -0.394 e. The molecule has 0 saturated carbocycles. The lowest BCUT2D eigenvalue weighted by molar-refractivity contribution is -0.359. The molecule has 514 valence electrons. The molecular formula is C75H131NO13. The molecule has 0 aromatic carbocycles. The van der Waals surface area contributed by atoms with Gasteiger partial charge in [-0.05, 0) is 83.5 Å². The molecule has 0 aromatic rings. The van der Waals surface area contributed by atoms with E-state index < -0.39 is 86.8 Å². The average molecular weight is 1250 g/mol. The van der Waals surface area contributed by atoms with Crippen molar-refractivity contribution in [1.82, 2.24) is 5.32 Å². The molecule has 9 N–H and O–H groups in total. The molecule has 0 aromatic heterocycles. The predicted molar refractivity (Wildman–Crippen MR) is 364 cm³/mol. The largest absolute Gasteiger partial charge is 0.394 e. The van der Waals surface area contributed by atoms with E-state index in [0.717, 1.165) is 77.0 Å². The first kappa shape index (κ1) is 82.0. The molecule has 14 nitrogen and oxygen atoms in total. The Kier molecular flexibility index (Phi) is 54.1. The third-order valence-corrected chi connectivity index (χ3v) is 17.0. The predicted octanol–water partition coefficient (Wildman–Crippen LogP) is 15.0. The van der Waals surface area contributed by atoms with E-state index in [4.69, 9.17) is 18.9 Å². The van der Waals surface area contributed by atoms with Gasteiger partial charge < -0.3 is 65.1 Å². The molecule has 2 rings (SSSR count).